The van der Waals surface area contributed by atoms with Crippen LogP contribution in [0.5, 0.6) is 0 Å². The lowest BCUT2D eigenvalue weighted by Gasteiger charge is -2.37. The second-order valence-corrected chi connectivity index (χ2v) is 5.79. The highest BCUT2D eigenvalue weighted by molar-refractivity contribution is 5.85. The van der Waals surface area contributed by atoms with E-state index in [9.17, 15) is 4.79 Å². The zero-order valence-electron chi connectivity index (χ0n) is 12.5. The van der Waals surface area contributed by atoms with Crippen molar-refractivity contribution < 1.29 is 4.79 Å². The zero-order chi connectivity index (χ0) is 13.0. The molecule has 0 aromatic rings. The van der Waals surface area contributed by atoms with Crippen molar-refractivity contribution in [1.82, 2.24) is 9.80 Å². The minimum absolute atomic E-state index is 0. The first-order valence-corrected chi connectivity index (χ1v) is 6.68. The fraction of sp³-hybridized carbons (Fsp3) is 0.923. The van der Waals surface area contributed by atoms with Gasteiger partial charge in [0, 0.05) is 32.7 Å². The van der Waals surface area contributed by atoms with Crippen LogP contribution in [-0.4, -0.2) is 54.5 Å². The lowest BCUT2D eigenvalue weighted by molar-refractivity contribution is -0.135. The van der Waals surface area contributed by atoms with E-state index in [2.05, 4.69) is 18.7 Å². The molecule has 1 aliphatic rings. The average molecular weight is 314 g/mol. The molecular weight excluding hydrogens is 285 g/mol. The zero-order valence-corrected chi connectivity index (χ0v) is 14.1. The topological polar surface area (TPSA) is 49.6 Å². The second-order valence-electron chi connectivity index (χ2n) is 5.79. The van der Waals surface area contributed by atoms with Gasteiger partial charge in [-0.25, -0.2) is 0 Å². The van der Waals surface area contributed by atoms with E-state index < -0.39 is 0 Å². The van der Waals surface area contributed by atoms with Crippen molar-refractivity contribution >= 4 is 30.7 Å². The fourth-order valence-electron chi connectivity index (χ4n) is 2.16. The van der Waals surface area contributed by atoms with Gasteiger partial charge in [-0.2, -0.15) is 0 Å². The molecule has 1 rings (SSSR count). The van der Waals surface area contributed by atoms with Gasteiger partial charge in [0.05, 0.1) is 6.04 Å². The standard InChI is InChI=1S/C13H27N3O.2ClH/c1-10(2)9-15-5-7-16(8-6-15)13(17)12(14)11(3)4;;/h10-12H,5-9,14H2,1-4H3;2*1H/t12-;;/m0../s1. The third-order valence-electron chi connectivity index (χ3n) is 3.31. The van der Waals surface area contributed by atoms with Gasteiger partial charge in [0.2, 0.25) is 5.91 Å². The highest BCUT2D eigenvalue weighted by Crippen LogP contribution is 2.09. The van der Waals surface area contributed by atoms with Gasteiger partial charge in [0.15, 0.2) is 0 Å². The lowest BCUT2D eigenvalue weighted by atomic mass is 10.0. The Labute approximate surface area is 129 Å². The molecule has 0 aliphatic carbocycles. The predicted octanol–water partition coefficient (Wildman–Crippen LogP) is 1.61. The lowest BCUT2D eigenvalue weighted by Crippen LogP contribution is -2.54. The third-order valence-corrected chi connectivity index (χ3v) is 3.31. The van der Waals surface area contributed by atoms with Gasteiger partial charge in [-0.1, -0.05) is 27.7 Å². The second kappa shape index (κ2) is 9.81. The summed E-state index contributed by atoms with van der Waals surface area (Å²) < 4.78 is 0. The Kier molecular flexibility index (Phi) is 11.0. The maximum Gasteiger partial charge on any atom is 0.239 e. The summed E-state index contributed by atoms with van der Waals surface area (Å²) in [6, 6.07) is -0.341. The Morgan fingerprint density at radius 1 is 1.05 bits per heavy atom. The summed E-state index contributed by atoms with van der Waals surface area (Å²) in [5.41, 5.74) is 5.90. The van der Waals surface area contributed by atoms with Crippen LogP contribution >= 0.6 is 24.8 Å². The smallest absolute Gasteiger partial charge is 0.239 e. The molecule has 0 aromatic carbocycles. The number of piperazine rings is 1. The number of hydrogen-bond acceptors (Lipinski definition) is 3. The first-order valence-electron chi connectivity index (χ1n) is 6.68. The highest BCUT2D eigenvalue weighted by Gasteiger charge is 2.26. The van der Waals surface area contributed by atoms with Crippen LogP contribution in [0.25, 0.3) is 0 Å². The molecule has 19 heavy (non-hydrogen) atoms. The number of nitrogens with two attached hydrogens (primary N) is 1. The Morgan fingerprint density at radius 3 is 1.89 bits per heavy atom. The minimum atomic E-state index is -0.341. The van der Waals surface area contributed by atoms with Crippen LogP contribution in [0.1, 0.15) is 27.7 Å². The van der Waals surface area contributed by atoms with Crippen molar-refractivity contribution in [3.05, 3.63) is 0 Å². The molecule has 6 heteroatoms. The van der Waals surface area contributed by atoms with Crippen LogP contribution in [0.4, 0.5) is 0 Å². The number of amides is 1. The Balaban J connectivity index is 0. The molecule has 1 saturated heterocycles. The molecule has 0 saturated carbocycles. The van der Waals surface area contributed by atoms with E-state index in [-0.39, 0.29) is 42.7 Å². The molecule has 0 spiro atoms. The minimum Gasteiger partial charge on any atom is -0.339 e. The first-order chi connectivity index (χ1) is 7.91. The summed E-state index contributed by atoms with van der Waals surface area (Å²) in [4.78, 5) is 16.4. The molecule has 1 heterocycles. The number of halogens is 2. The molecule has 1 fully saturated rings. The number of rotatable bonds is 4. The van der Waals surface area contributed by atoms with Crippen LogP contribution in [-0.2, 0) is 4.79 Å². The van der Waals surface area contributed by atoms with Gasteiger partial charge in [-0.15, -0.1) is 24.8 Å². The fourth-order valence-corrected chi connectivity index (χ4v) is 2.16. The van der Waals surface area contributed by atoms with Crippen LogP contribution in [0.15, 0.2) is 0 Å². The number of hydrogen-bond donors (Lipinski definition) is 1. The van der Waals surface area contributed by atoms with Gasteiger partial charge in [0.1, 0.15) is 0 Å². The number of carbonyl (C=O) groups excluding carboxylic acids is 1. The molecule has 0 aromatic heterocycles. The van der Waals surface area contributed by atoms with Crippen LogP contribution in [0.2, 0.25) is 0 Å². The van der Waals surface area contributed by atoms with Crippen molar-refractivity contribution in [2.24, 2.45) is 17.6 Å². The van der Waals surface area contributed by atoms with Crippen molar-refractivity contribution in [1.29, 1.82) is 0 Å². The van der Waals surface area contributed by atoms with Crippen LogP contribution in [0.3, 0.4) is 0 Å². The van der Waals surface area contributed by atoms with E-state index >= 15 is 0 Å². The van der Waals surface area contributed by atoms with Crippen molar-refractivity contribution in [2.45, 2.75) is 33.7 Å². The summed E-state index contributed by atoms with van der Waals surface area (Å²) in [5.74, 6) is 1.02. The van der Waals surface area contributed by atoms with Crippen molar-refractivity contribution in [3.63, 3.8) is 0 Å². The highest BCUT2D eigenvalue weighted by atomic mass is 35.5. The molecule has 0 unspecified atom stereocenters. The average Bonchev–Trinajstić information content (AvgIpc) is 2.27. The molecule has 0 bridgehead atoms. The van der Waals surface area contributed by atoms with E-state index in [1.54, 1.807) is 0 Å². The summed E-state index contributed by atoms with van der Waals surface area (Å²) in [7, 11) is 0. The van der Waals surface area contributed by atoms with Gasteiger partial charge in [-0.3, -0.25) is 9.69 Å². The molecule has 1 atom stereocenters. The van der Waals surface area contributed by atoms with Crippen LogP contribution in [0, 0.1) is 11.8 Å². The molecule has 1 amide bonds. The maximum atomic E-state index is 12.1. The third kappa shape index (κ3) is 6.80. The van der Waals surface area contributed by atoms with Gasteiger partial charge in [-0.05, 0) is 11.8 Å². The maximum absolute atomic E-state index is 12.1. The van der Waals surface area contributed by atoms with E-state index in [0.717, 1.165) is 32.7 Å². The summed E-state index contributed by atoms with van der Waals surface area (Å²) in [6.07, 6.45) is 0. The van der Waals surface area contributed by atoms with Crippen molar-refractivity contribution in [3.8, 4) is 0 Å². The van der Waals surface area contributed by atoms with Gasteiger partial charge < -0.3 is 10.6 Å². The molecule has 2 N–H and O–H groups in total. The Bertz CT molecular complexity index is 254. The summed E-state index contributed by atoms with van der Waals surface area (Å²) in [6.45, 7) is 13.2. The van der Waals surface area contributed by atoms with E-state index in [1.807, 2.05) is 18.7 Å². The molecule has 116 valence electrons. The van der Waals surface area contributed by atoms with Gasteiger partial charge in [0.25, 0.3) is 0 Å². The quantitative estimate of drug-likeness (QED) is 0.858. The summed E-state index contributed by atoms with van der Waals surface area (Å²) >= 11 is 0. The SMILES string of the molecule is CC(C)CN1CCN(C(=O)[C@@H](N)C(C)C)CC1.Cl.Cl. The molecule has 4 nitrogen and oxygen atoms in total. The Morgan fingerprint density at radius 2 is 1.53 bits per heavy atom. The van der Waals surface area contributed by atoms with Crippen molar-refractivity contribution in [2.75, 3.05) is 32.7 Å². The van der Waals surface area contributed by atoms with E-state index in [0.29, 0.717) is 5.92 Å². The monoisotopic (exact) mass is 313 g/mol. The molecular formula is C13H29Cl2N3O. The van der Waals surface area contributed by atoms with Crippen LogP contribution < -0.4 is 5.73 Å². The molecule has 1 aliphatic heterocycles. The van der Waals surface area contributed by atoms with E-state index in [4.69, 9.17) is 5.73 Å². The Hall–Kier alpha value is -0.0300. The normalized spacial score (nSPS) is 17.9. The van der Waals surface area contributed by atoms with E-state index in [1.165, 1.54) is 0 Å². The molecule has 0 radical (unpaired) electrons. The predicted molar refractivity (Wildman–Crippen MR) is 85.2 cm³/mol. The number of nitrogens with zero attached hydrogens (tertiary/aromatic N) is 2. The number of carbonyl (C=O) groups is 1. The summed E-state index contributed by atoms with van der Waals surface area (Å²) in [5, 5.41) is 0. The first kappa shape index (κ1) is 21.3. The largest absolute Gasteiger partial charge is 0.339 e. The van der Waals surface area contributed by atoms with Gasteiger partial charge >= 0.3 is 0 Å².